The largest absolute Gasteiger partial charge is 0.391 e. The Labute approximate surface area is 105 Å². The Morgan fingerprint density at radius 2 is 2.29 bits per heavy atom. The topological polar surface area (TPSA) is 88.2 Å². The van der Waals surface area contributed by atoms with Crippen molar-refractivity contribution in [1.82, 2.24) is 10.3 Å². The van der Waals surface area contributed by atoms with E-state index in [2.05, 4.69) is 10.3 Å². The average Bonchev–Trinajstić information content (AvgIpc) is 2.28. The van der Waals surface area contributed by atoms with E-state index in [-0.39, 0.29) is 29.2 Å². The SMILES string of the molecule is CC(C)C(O)CNC(=O)c1cnc(N)c(Cl)c1. The van der Waals surface area contributed by atoms with Crippen LogP contribution in [-0.4, -0.2) is 28.6 Å². The van der Waals surface area contributed by atoms with E-state index in [1.54, 1.807) is 0 Å². The average molecular weight is 258 g/mol. The maximum absolute atomic E-state index is 11.7. The Kier molecular flexibility index (Phi) is 4.72. The van der Waals surface area contributed by atoms with Gasteiger partial charge in [0.2, 0.25) is 0 Å². The Balaban J connectivity index is 2.61. The first-order valence-corrected chi connectivity index (χ1v) is 5.67. The van der Waals surface area contributed by atoms with Crippen molar-refractivity contribution in [3.8, 4) is 0 Å². The summed E-state index contributed by atoms with van der Waals surface area (Å²) in [6.45, 7) is 3.94. The van der Waals surface area contributed by atoms with Crippen molar-refractivity contribution in [2.75, 3.05) is 12.3 Å². The second kappa shape index (κ2) is 5.84. The molecule has 1 rings (SSSR count). The van der Waals surface area contributed by atoms with Gasteiger partial charge in [-0.25, -0.2) is 4.98 Å². The number of anilines is 1. The van der Waals surface area contributed by atoms with E-state index in [1.165, 1.54) is 12.3 Å². The van der Waals surface area contributed by atoms with Crippen LogP contribution in [0.15, 0.2) is 12.3 Å². The number of nitrogens with zero attached hydrogens (tertiary/aromatic N) is 1. The molecule has 1 atom stereocenters. The van der Waals surface area contributed by atoms with E-state index in [0.717, 1.165) is 0 Å². The molecule has 0 saturated carbocycles. The smallest absolute Gasteiger partial charge is 0.252 e. The number of nitrogens with one attached hydrogen (secondary N) is 1. The highest BCUT2D eigenvalue weighted by atomic mass is 35.5. The number of nitrogens with two attached hydrogens (primary N) is 1. The maximum Gasteiger partial charge on any atom is 0.252 e. The lowest BCUT2D eigenvalue weighted by atomic mass is 10.1. The standard InChI is InChI=1S/C11H16ClN3O2/c1-6(2)9(16)5-15-11(17)7-3-8(12)10(13)14-4-7/h3-4,6,9,16H,5H2,1-2H3,(H2,13,14)(H,15,17). The van der Waals surface area contributed by atoms with E-state index in [0.29, 0.717) is 5.56 Å². The Hall–Kier alpha value is -1.33. The number of halogens is 1. The number of aliphatic hydroxyl groups excluding tert-OH is 1. The molecule has 1 aromatic heterocycles. The number of aromatic nitrogens is 1. The summed E-state index contributed by atoms with van der Waals surface area (Å²) in [5.41, 5.74) is 5.76. The third-order valence-corrected chi connectivity index (χ3v) is 2.68. The molecule has 0 fully saturated rings. The van der Waals surface area contributed by atoms with E-state index in [4.69, 9.17) is 17.3 Å². The predicted molar refractivity (Wildman–Crippen MR) is 66.8 cm³/mol. The van der Waals surface area contributed by atoms with Crippen LogP contribution in [0.1, 0.15) is 24.2 Å². The fourth-order valence-electron chi connectivity index (χ4n) is 1.11. The molecule has 0 saturated heterocycles. The molecule has 17 heavy (non-hydrogen) atoms. The highest BCUT2D eigenvalue weighted by molar-refractivity contribution is 6.33. The number of hydrogen-bond acceptors (Lipinski definition) is 4. The molecular formula is C11H16ClN3O2. The number of aliphatic hydroxyl groups is 1. The van der Waals surface area contributed by atoms with Gasteiger partial charge in [-0.2, -0.15) is 0 Å². The molecule has 0 aliphatic carbocycles. The van der Waals surface area contributed by atoms with Crippen LogP contribution in [0.5, 0.6) is 0 Å². The highest BCUT2D eigenvalue weighted by Gasteiger charge is 2.13. The first-order chi connectivity index (χ1) is 7.91. The van der Waals surface area contributed by atoms with Crippen LogP contribution < -0.4 is 11.1 Å². The fourth-order valence-corrected chi connectivity index (χ4v) is 1.27. The van der Waals surface area contributed by atoms with Gasteiger partial charge in [-0.3, -0.25) is 4.79 Å². The van der Waals surface area contributed by atoms with Gasteiger partial charge in [0, 0.05) is 12.7 Å². The molecule has 0 aliphatic heterocycles. The Bertz CT molecular complexity index is 410. The molecule has 4 N–H and O–H groups in total. The van der Waals surface area contributed by atoms with Crippen molar-refractivity contribution in [2.45, 2.75) is 20.0 Å². The van der Waals surface area contributed by atoms with E-state index >= 15 is 0 Å². The number of rotatable bonds is 4. The number of pyridine rings is 1. The molecule has 0 bridgehead atoms. The summed E-state index contributed by atoms with van der Waals surface area (Å²) in [6, 6.07) is 1.45. The van der Waals surface area contributed by atoms with Gasteiger partial charge >= 0.3 is 0 Å². The highest BCUT2D eigenvalue weighted by Crippen LogP contribution is 2.16. The normalized spacial score (nSPS) is 12.5. The zero-order valence-corrected chi connectivity index (χ0v) is 10.5. The number of carbonyl (C=O) groups is 1. The van der Waals surface area contributed by atoms with Gasteiger partial charge in [0.15, 0.2) is 0 Å². The molecule has 0 aromatic carbocycles. The number of nitrogen functional groups attached to an aromatic ring is 1. The van der Waals surface area contributed by atoms with Gasteiger partial charge in [0.1, 0.15) is 5.82 Å². The molecule has 1 aromatic rings. The third-order valence-electron chi connectivity index (χ3n) is 2.37. The van der Waals surface area contributed by atoms with Crippen LogP contribution in [-0.2, 0) is 0 Å². The molecule has 5 nitrogen and oxygen atoms in total. The van der Waals surface area contributed by atoms with E-state index in [9.17, 15) is 9.90 Å². The van der Waals surface area contributed by atoms with Crippen molar-refractivity contribution in [2.24, 2.45) is 5.92 Å². The van der Waals surface area contributed by atoms with Crippen LogP contribution in [0.25, 0.3) is 0 Å². The summed E-state index contributed by atoms with van der Waals surface area (Å²) in [5.74, 6) is -0.0621. The molecule has 6 heteroatoms. The molecule has 1 unspecified atom stereocenters. The van der Waals surface area contributed by atoms with Gasteiger partial charge < -0.3 is 16.2 Å². The fraction of sp³-hybridized carbons (Fsp3) is 0.455. The summed E-state index contributed by atoms with van der Waals surface area (Å²) >= 11 is 5.75. The van der Waals surface area contributed by atoms with E-state index in [1.807, 2.05) is 13.8 Å². The minimum atomic E-state index is -0.573. The van der Waals surface area contributed by atoms with Crippen molar-refractivity contribution < 1.29 is 9.90 Å². The van der Waals surface area contributed by atoms with Crippen molar-refractivity contribution in [3.63, 3.8) is 0 Å². The minimum Gasteiger partial charge on any atom is -0.391 e. The van der Waals surface area contributed by atoms with Crippen molar-refractivity contribution in [1.29, 1.82) is 0 Å². The second-order valence-corrected chi connectivity index (χ2v) is 4.52. The molecule has 94 valence electrons. The van der Waals surface area contributed by atoms with Crippen LogP contribution >= 0.6 is 11.6 Å². The maximum atomic E-state index is 11.7. The predicted octanol–water partition coefficient (Wildman–Crippen LogP) is 1.06. The monoisotopic (exact) mass is 257 g/mol. The zero-order chi connectivity index (χ0) is 13.0. The summed E-state index contributed by atoms with van der Waals surface area (Å²) in [6.07, 6.45) is 0.773. The van der Waals surface area contributed by atoms with Gasteiger partial charge in [-0.15, -0.1) is 0 Å². The van der Waals surface area contributed by atoms with Gasteiger partial charge in [-0.1, -0.05) is 25.4 Å². The van der Waals surface area contributed by atoms with Crippen LogP contribution in [0.4, 0.5) is 5.82 Å². The second-order valence-electron chi connectivity index (χ2n) is 4.11. The Morgan fingerprint density at radius 1 is 1.65 bits per heavy atom. The number of amides is 1. The quantitative estimate of drug-likeness (QED) is 0.753. The Morgan fingerprint density at radius 3 is 2.82 bits per heavy atom. The van der Waals surface area contributed by atoms with Crippen molar-refractivity contribution in [3.05, 3.63) is 22.8 Å². The molecule has 0 aliphatic rings. The summed E-state index contributed by atoms with van der Waals surface area (Å²) in [5, 5.41) is 12.4. The first kappa shape index (κ1) is 13.7. The third kappa shape index (κ3) is 3.87. The molecule has 0 radical (unpaired) electrons. The van der Waals surface area contributed by atoms with Gasteiger partial charge in [0.25, 0.3) is 5.91 Å². The van der Waals surface area contributed by atoms with Crippen LogP contribution in [0, 0.1) is 5.92 Å². The lowest BCUT2D eigenvalue weighted by Gasteiger charge is -2.15. The lowest BCUT2D eigenvalue weighted by molar-refractivity contribution is 0.0871. The van der Waals surface area contributed by atoms with Gasteiger partial charge in [-0.05, 0) is 12.0 Å². The number of carbonyl (C=O) groups excluding carboxylic acids is 1. The minimum absolute atomic E-state index is 0.0865. The van der Waals surface area contributed by atoms with E-state index < -0.39 is 6.10 Å². The number of hydrogen-bond donors (Lipinski definition) is 3. The molecule has 1 heterocycles. The van der Waals surface area contributed by atoms with Gasteiger partial charge in [0.05, 0.1) is 16.7 Å². The zero-order valence-electron chi connectivity index (χ0n) is 9.77. The van der Waals surface area contributed by atoms with Crippen molar-refractivity contribution >= 4 is 23.3 Å². The summed E-state index contributed by atoms with van der Waals surface area (Å²) in [4.78, 5) is 15.5. The van der Waals surface area contributed by atoms with Crippen LogP contribution in [0.2, 0.25) is 5.02 Å². The molecular weight excluding hydrogens is 242 g/mol. The van der Waals surface area contributed by atoms with Crippen LogP contribution in [0.3, 0.4) is 0 Å². The molecule has 1 amide bonds. The summed E-state index contributed by atoms with van der Waals surface area (Å²) < 4.78 is 0. The first-order valence-electron chi connectivity index (χ1n) is 5.29. The lowest BCUT2D eigenvalue weighted by Crippen LogP contribution is -2.34. The summed E-state index contributed by atoms with van der Waals surface area (Å²) in [7, 11) is 0. The molecule has 0 spiro atoms.